The third kappa shape index (κ3) is 3.81. The zero-order valence-electron chi connectivity index (χ0n) is 12.3. The molecule has 0 heterocycles. The Labute approximate surface area is 119 Å². The van der Waals surface area contributed by atoms with E-state index in [1.165, 1.54) is 6.92 Å². The Balaban J connectivity index is 2.95. The lowest BCUT2D eigenvalue weighted by Crippen LogP contribution is -2.43. The van der Waals surface area contributed by atoms with Gasteiger partial charge in [0.2, 0.25) is 0 Å². The van der Waals surface area contributed by atoms with Crippen molar-refractivity contribution in [2.24, 2.45) is 29.6 Å². The molecule has 5 atom stereocenters. The lowest BCUT2D eigenvalue weighted by atomic mass is 9.62. The van der Waals surface area contributed by atoms with E-state index in [0.29, 0.717) is 19.3 Å². The highest BCUT2D eigenvalue weighted by Crippen LogP contribution is 2.44. The van der Waals surface area contributed by atoms with Crippen molar-refractivity contribution in [1.29, 1.82) is 0 Å². The predicted octanol–water partition coefficient (Wildman–Crippen LogP) is 2.44. The SMILES string of the molecule is CC(=O)CC[C@H]1[C@H](C)CCC([C@@H](C)C(=O)O)[C@H]1C(=O)O. The van der Waals surface area contributed by atoms with Gasteiger partial charge in [-0.1, -0.05) is 20.3 Å². The molecule has 0 saturated heterocycles. The van der Waals surface area contributed by atoms with Crippen molar-refractivity contribution in [3.05, 3.63) is 0 Å². The van der Waals surface area contributed by atoms with Crippen LogP contribution in [0.1, 0.15) is 46.5 Å². The molecule has 2 N–H and O–H groups in total. The van der Waals surface area contributed by atoms with Gasteiger partial charge in [-0.3, -0.25) is 9.59 Å². The second-order valence-electron chi connectivity index (χ2n) is 6.11. The summed E-state index contributed by atoms with van der Waals surface area (Å²) in [6.07, 6.45) is 2.36. The highest BCUT2D eigenvalue weighted by atomic mass is 16.4. The molecule has 1 rings (SSSR count). The van der Waals surface area contributed by atoms with Crippen molar-refractivity contribution in [2.75, 3.05) is 0 Å². The first-order chi connectivity index (χ1) is 9.25. The van der Waals surface area contributed by atoms with Gasteiger partial charge in [-0.2, -0.15) is 0 Å². The summed E-state index contributed by atoms with van der Waals surface area (Å²) in [5.74, 6) is -3.39. The molecule has 0 aromatic carbocycles. The molecule has 0 amide bonds. The van der Waals surface area contributed by atoms with Crippen LogP contribution >= 0.6 is 0 Å². The lowest BCUT2D eigenvalue weighted by Gasteiger charge is -2.41. The molecule has 20 heavy (non-hydrogen) atoms. The van der Waals surface area contributed by atoms with Gasteiger partial charge >= 0.3 is 11.9 Å². The zero-order valence-corrected chi connectivity index (χ0v) is 12.3. The summed E-state index contributed by atoms with van der Waals surface area (Å²) in [6.45, 7) is 5.09. The Morgan fingerprint density at radius 3 is 2.25 bits per heavy atom. The van der Waals surface area contributed by atoms with E-state index in [4.69, 9.17) is 5.11 Å². The van der Waals surface area contributed by atoms with E-state index in [9.17, 15) is 19.5 Å². The molecule has 1 aliphatic carbocycles. The van der Waals surface area contributed by atoms with Crippen LogP contribution < -0.4 is 0 Å². The van der Waals surface area contributed by atoms with E-state index in [0.717, 1.165) is 6.42 Å². The van der Waals surface area contributed by atoms with Crippen LogP contribution in [0.5, 0.6) is 0 Å². The predicted molar refractivity (Wildman–Crippen MR) is 73.2 cm³/mol. The van der Waals surface area contributed by atoms with Crippen molar-refractivity contribution in [2.45, 2.75) is 46.5 Å². The second-order valence-corrected chi connectivity index (χ2v) is 6.11. The van der Waals surface area contributed by atoms with Gasteiger partial charge in [-0.15, -0.1) is 0 Å². The van der Waals surface area contributed by atoms with Crippen molar-refractivity contribution in [3.8, 4) is 0 Å². The van der Waals surface area contributed by atoms with Crippen LogP contribution in [0.2, 0.25) is 0 Å². The Hall–Kier alpha value is -1.39. The number of hydrogen-bond acceptors (Lipinski definition) is 3. The first kappa shape index (κ1) is 16.7. The van der Waals surface area contributed by atoms with Crippen molar-refractivity contribution in [1.82, 2.24) is 0 Å². The molecule has 0 aliphatic heterocycles. The first-order valence-electron chi connectivity index (χ1n) is 7.20. The van der Waals surface area contributed by atoms with Crippen LogP contribution in [-0.4, -0.2) is 27.9 Å². The minimum Gasteiger partial charge on any atom is -0.481 e. The molecule has 0 aromatic rings. The number of ketones is 1. The standard InChI is InChI=1S/C15H24O5/c1-8-4-6-12(10(3)14(17)18)13(15(19)20)11(8)7-5-9(2)16/h8,10-13H,4-7H2,1-3H3,(H,17,18)(H,19,20)/t8-,10-,11+,12?,13+/m1/s1. The number of hydrogen-bond donors (Lipinski definition) is 2. The molecular weight excluding hydrogens is 260 g/mol. The van der Waals surface area contributed by atoms with Gasteiger partial charge in [0.25, 0.3) is 0 Å². The zero-order chi connectivity index (χ0) is 15.4. The van der Waals surface area contributed by atoms with Gasteiger partial charge in [-0.05, 0) is 37.5 Å². The second kappa shape index (κ2) is 6.86. The van der Waals surface area contributed by atoms with Gasteiger partial charge in [0.15, 0.2) is 0 Å². The number of carboxylic acid groups (broad SMARTS) is 2. The number of aliphatic carboxylic acids is 2. The third-order valence-electron chi connectivity index (χ3n) is 4.76. The topological polar surface area (TPSA) is 91.7 Å². The first-order valence-corrected chi connectivity index (χ1v) is 7.20. The van der Waals surface area contributed by atoms with Crippen LogP contribution in [0.3, 0.4) is 0 Å². The molecule has 1 aliphatic rings. The van der Waals surface area contributed by atoms with Gasteiger partial charge < -0.3 is 15.0 Å². The molecule has 1 unspecified atom stereocenters. The Morgan fingerprint density at radius 1 is 1.20 bits per heavy atom. The Bertz CT molecular complexity index is 390. The maximum atomic E-state index is 11.6. The highest BCUT2D eigenvalue weighted by molar-refractivity contribution is 5.76. The summed E-state index contributed by atoms with van der Waals surface area (Å²) < 4.78 is 0. The van der Waals surface area contributed by atoms with Crippen LogP contribution in [0.25, 0.3) is 0 Å². The molecule has 0 aromatic heterocycles. The van der Waals surface area contributed by atoms with Crippen LogP contribution in [0.15, 0.2) is 0 Å². The molecule has 5 heteroatoms. The third-order valence-corrected chi connectivity index (χ3v) is 4.76. The molecule has 114 valence electrons. The largest absolute Gasteiger partial charge is 0.481 e. The molecule has 1 saturated carbocycles. The summed E-state index contributed by atoms with van der Waals surface area (Å²) >= 11 is 0. The number of Topliss-reactive ketones (excluding diaryl/α,β-unsaturated/α-hetero) is 1. The van der Waals surface area contributed by atoms with Crippen LogP contribution in [0, 0.1) is 29.6 Å². The molecule has 0 radical (unpaired) electrons. The molecular formula is C15H24O5. The van der Waals surface area contributed by atoms with Gasteiger partial charge in [0, 0.05) is 6.42 Å². The average Bonchev–Trinajstić information content (AvgIpc) is 2.35. The quantitative estimate of drug-likeness (QED) is 0.781. The van der Waals surface area contributed by atoms with Crippen molar-refractivity contribution >= 4 is 17.7 Å². The minimum atomic E-state index is -0.943. The molecule has 0 spiro atoms. The van der Waals surface area contributed by atoms with Crippen LogP contribution in [-0.2, 0) is 14.4 Å². The number of carbonyl (C=O) groups excluding carboxylic acids is 1. The summed E-state index contributed by atoms with van der Waals surface area (Å²) in [6, 6.07) is 0. The summed E-state index contributed by atoms with van der Waals surface area (Å²) in [7, 11) is 0. The van der Waals surface area contributed by atoms with Crippen molar-refractivity contribution in [3.63, 3.8) is 0 Å². The fraction of sp³-hybridized carbons (Fsp3) is 0.800. The fourth-order valence-electron chi connectivity index (χ4n) is 3.46. The normalized spacial score (nSPS) is 31.6. The Kier molecular flexibility index (Phi) is 5.72. The summed E-state index contributed by atoms with van der Waals surface area (Å²) in [5, 5.41) is 18.7. The molecule has 0 bridgehead atoms. The van der Waals surface area contributed by atoms with Gasteiger partial charge in [0.05, 0.1) is 11.8 Å². The van der Waals surface area contributed by atoms with Crippen molar-refractivity contribution < 1.29 is 24.6 Å². The van der Waals surface area contributed by atoms with E-state index in [1.807, 2.05) is 6.92 Å². The smallest absolute Gasteiger partial charge is 0.307 e. The van der Waals surface area contributed by atoms with E-state index < -0.39 is 23.8 Å². The monoisotopic (exact) mass is 284 g/mol. The van der Waals surface area contributed by atoms with Crippen LogP contribution in [0.4, 0.5) is 0 Å². The van der Waals surface area contributed by atoms with E-state index >= 15 is 0 Å². The minimum absolute atomic E-state index is 0.0507. The lowest BCUT2D eigenvalue weighted by molar-refractivity contribution is -0.155. The number of carbonyl (C=O) groups is 3. The van der Waals surface area contributed by atoms with E-state index in [2.05, 4.69) is 0 Å². The Morgan fingerprint density at radius 2 is 1.80 bits per heavy atom. The number of carboxylic acids is 2. The average molecular weight is 284 g/mol. The molecule has 1 fully saturated rings. The van der Waals surface area contributed by atoms with Gasteiger partial charge in [-0.25, -0.2) is 0 Å². The fourth-order valence-corrected chi connectivity index (χ4v) is 3.46. The highest BCUT2D eigenvalue weighted by Gasteiger charge is 2.45. The maximum Gasteiger partial charge on any atom is 0.307 e. The summed E-state index contributed by atoms with van der Waals surface area (Å²) in [5.41, 5.74) is 0. The maximum absolute atomic E-state index is 11.6. The summed E-state index contributed by atoms with van der Waals surface area (Å²) in [4.78, 5) is 33.9. The number of rotatable bonds is 6. The molecule has 5 nitrogen and oxygen atoms in total. The van der Waals surface area contributed by atoms with E-state index in [-0.39, 0.29) is 23.5 Å². The van der Waals surface area contributed by atoms with Gasteiger partial charge in [0.1, 0.15) is 5.78 Å². The van der Waals surface area contributed by atoms with E-state index in [1.54, 1.807) is 6.92 Å².